The van der Waals surface area contributed by atoms with Crippen molar-refractivity contribution in [1.82, 2.24) is 4.98 Å². The van der Waals surface area contributed by atoms with Gasteiger partial charge in [-0.3, -0.25) is 9.69 Å². The Morgan fingerprint density at radius 1 is 1.06 bits per heavy atom. The summed E-state index contributed by atoms with van der Waals surface area (Å²) in [5.74, 6) is -1.64. The molecule has 0 spiro atoms. The molecule has 4 nitrogen and oxygen atoms in total. The molecule has 1 unspecified atom stereocenters. The lowest BCUT2D eigenvalue weighted by atomic mass is 10.0. The molecular weight excluding hydrogens is 442 g/mol. The molecule has 1 amide bonds. The highest BCUT2D eigenvalue weighted by Gasteiger charge is 2.27. The molecule has 1 saturated heterocycles. The molecule has 0 radical (unpaired) electrons. The van der Waals surface area contributed by atoms with Crippen molar-refractivity contribution in [3.63, 3.8) is 0 Å². The summed E-state index contributed by atoms with van der Waals surface area (Å²) < 4.78 is 34.1. The van der Waals surface area contributed by atoms with Gasteiger partial charge < -0.3 is 4.74 Å². The number of fused-ring (bicyclic) bond motifs is 1. The smallest absolute Gasteiger partial charge is 0.260 e. The Labute approximate surface area is 194 Å². The van der Waals surface area contributed by atoms with Crippen LogP contribution in [0.3, 0.4) is 0 Å². The lowest BCUT2D eigenvalue weighted by Gasteiger charge is -2.23. The number of hydrogen-bond acceptors (Lipinski definition) is 4. The second-order valence-electron chi connectivity index (χ2n) is 8.14. The molecule has 7 heteroatoms. The predicted octanol–water partition coefficient (Wildman–Crippen LogP) is 5.99. The highest BCUT2D eigenvalue weighted by molar-refractivity contribution is 7.22. The molecule has 1 atom stereocenters. The summed E-state index contributed by atoms with van der Waals surface area (Å²) in [6, 6.07) is 19.7. The minimum Gasteiger partial charge on any atom is -0.376 e. The number of rotatable bonds is 6. The van der Waals surface area contributed by atoms with Crippen LogP contribution in [-0.4, -0.2) is 30.1 Å². The fraction of sp³-hybridized carbons (Fsp3) is 0.231. The first kappa shape index (κ1) is 21.7. The number of anilines is 1. The fourth-order valence-corrected chi connectivity index (χ4v) is 5.07. The molecule has 2 heterocycles. The second kappa shape index (κ2) is 9.37. The number of hydrogen-bond donors (Lipinski definition) is 0. The number of aromatic nitrogens is 1. The third kappa shape index (κ3) is 4.79. The molecule has 3 aromatic carbocycles. The Kier molecular flexibility index (Phi) is 6.15. The highest BCUT2D eigenvalue weighted by Crippen LogP contribution is 2.33. The Bertz CT molecular complexity index is 1270. The van der Waals surface area contributed by atoms with Gasteiger partial charge in [0.1, 0.15) is 11.3 Å². The molecular formula is C26H22F2N2O2S. The molecule has 5 rings (SSSR count). The van der Waals surface area contributed by atoms with Crippen molar-refractivity contribution in [3.8, 4) is 0 Å². The zero-order valence-corrected chi connectivity index (χ0v) is 18.7. The van der Waals surface area contributed by atoms with Gasteiger partial charge in [-0.05, 0) is 48.6 Å². The van der Waals surface area contributed by atoms with E-state index in [1.54, 1.807) is 12.1 Å². The first-order chi connectivity index (χ1) is 16.1. The Balaban J connectivity index is 1.43. The fourth-order valence-electron chi connectivity index (χ4n) is 4.05. The summed E-state index contributed by atoms with van der Waals surface area (Å²) in [5.41, 5.74) is 2.87. The number of carbonyl (C=O) groups excluding carboxylic acids is 1. The monoisotopic (exact) mass is 464 g/mol. The van der Waals surface area contributed by atoms with E-state index in [2.05, 4.69) is 17.1 Å². The molecule has 1 aliphatic rings. The number of carbonyl (C=O) groups is 1. The molecule has 168 valence electrons. The molecule has 1 aromatic heterocycles. The minimum atomic E-state index is -0.734. The van der Waals surface area contributed by atoms with Gasteiger partial charge in [0.15, 0.2) is 10.9 Å². The first-order valence-electron chi connectivity index (χ1n) is 10.9. The average Bonchev–Trinajstić information content (AvgIpc) is 3.48. The quantitative estimate of drug-likeness (QED) is 0.352. The van der Waals surface area contributed by atoms with Gasteiger partial charge in [-0.25, -0.2) is 13.8 Å². The maximum absolute atomic E-state index is 14.3. The number of amides is 1. The molecule has 4 aromatic rings. The average molecular weight is 465 g/mol. The lowest BCUT2D eigenvalue weighted by Crippen LogP contribution is -2.37. The molecule has 33 heavy (non-hydrogen) atoms. The van der Waals surface area contributed by atoms with Gasteiger partial charge in [0.05, 0.1) is 17.3 Å². The largest absolute Gasteiger partial charge is 0.376 e. The minimum absolute atomic E-state index is 0.0692. The highest BCUT2D eigenvalue weighted by atomic mass is 32.1. The van der Waals surface area contributed by atoms with Gasteiger partial charge in [-0.2, -0.15) is 0 Å². The van der Waals surface area contributed by atoms with Crippen molar-refractivity contribution in [1.29, 1.82) is 0 Å². The van der Waals surface area contributed by atoms with Crippen molar-refractivity contribution in [3.05, 3.63) is 95.1 Å². The second-order valence-corrected chi connectivity index (χ2v) is 9.15. The number of benzene rings is 3. The van der Waals surface area contributed by atoms with E-state index in [0.29, 0.717) is 28.5 Å². The van der Waals surface area contributed by atoms with E-state index >= 15 is 0 Å². The van der Waals surface area contributed by atoms with E-state index in [1.165, 1.54) is 16.5 Å². The summed E-state index contributed by atoms with van der Waals surface area (Å²) in [6.45, 7) is 0.967. The van der Waals surface area contributed by atoms with E-state index in [4.69, 9.17) is 4.74 Å². The summed E-state index contributed by atoms with van der Waals surface area (Å²) in [6.07, 6.45) is 2.44. The normalized spacial score (nSPS) is 15.8. The van der Waals surface area contributed by atoms with Gasteiger partial charge >= 0.3 is 0 Å². The van der Waals surface area contributed by atoms with Crippen LogP contribution in [0.1, 0.15) is 34.3 Å². The Morgan fingerprint density at radius 3 is 2.55 bits per heavy atom. The number of ether oxygens (including phenoxy) is 1. The van der Waals surface area contributed by atoms with Crippen LogP contribution in [-0.2, 0) is 11.2 Å². The summed E-state index contributed by atoms with van der Waals surface area (Å²) in [4.78, 5) is 19.4. The molecule has 0 aliphatic carbocycles. The van der Waals surface area contributed by atoms with Crippen LogP contribution in [0, 0.1) is 11.6 Å². The zero-order valence-electron chi connectivity index (χ0n) is 17.8. The molecule has 0 saturated carbocycles. The van der Waals surface area contributed by atoms with Gasteiger partial charge in [-0.15, -0.1) is 0 Å². The van der Waals surface area contributed by atoms with Crippen LogP contribution >= 0.6 is 11.3 Å². The van der Waals surface area contributed by atoms with E-state index in [9.17, 15) is 13.6 Å². The first-order valence-corrected chi connectivity index (χ1v) is 11.7. The topological polar surface area (TPSA) is 42.4 Å². The van der Waals surface area contributed by atoms with E-state index < -0.39 is 11.6 Å². The van der Waals surface area contributed by atoms with Crippen molar-refractivity contribution < 1.29 is 18.3 Å². The van der Waals surface area contributed by atoms with E-state index in [0.717, 1.165) is 42.2 Å². The van der Waals surface area contributed by atoms with Crippen molar-refractivity contribution in [2.75, 3.05) is 18.1 Å². The van der Waals surface area contributed by atoms with E-state index in [1.807, 2.05) is 30.3 Å². The maximum atomic E-state index is 14.3. The van der Waals surface area contributed by atoms with Crippen LogP contribution in [0.5, 0.6) is 0 Å². The summed E-state index contributed by atoms with van der Waals surface area (Å²) in [7, 11) is 0. The van der Waals surface area contributed by atoms with Crippen LogP contribution < -0.4 is 4.90 Å². The van der Waals surface area contributed by atoms with Gasteiger partial charge in [0.2, 0.25) is 0 Å². The van der Waals surface area contributed by atoms with Crippen LogP contribution in [0.25, 0.3) is 10.2 Å². The van der Waals surface area contributed by atoms with Gasteiger partial charge in [-0.1, -0.05) is 53.8 Å². The third-order valence-corrected chi connectivity index (χ3v) is 6.77. The van der Waals surface area contributed by atoms with Crippen molar-refractivity contribution in [2.45, 2.75) is 25.4 Å². The third-order valence-electron chi connectivity index (χ3n) is 5.74. The van der Waals surface area contributed by atoms with Crippen molar-refractivity contribution >= 4 is 32.6 Å². The molecule has 0 N–H and O–H groups in total. The molecule has 0 bridgehead atoms. The van der Waals surface area contributed by atoms with Crippen LogP contribution in [0.2, 0.25) is 0 Å². The molecule has 1 aliphatic heterocycles. The zero-order chi connectivity index (χ0) is 22.8. The Hall–Kier alpha value is -3.16. The Morgan fingerprint density at radius 2 is 1.82 bits per heavy atom. The SMILES string of the molecule is O=C(c1ccc(Cc2ccccc2)cc1)N(CC1CCCO1)c1nc2c(F)cc(F)cc2s1. The predicted molar refractivity (Wildman–Crippen MR) is 126 cm³/mol. The standard InChI is InChI=1S/C26H22F2N2O2S/c27-20-14-22(28)24-23(15-20)33-26(29-24)30(16-21-7-4-12-32-21)25(31)19-10-8-18(9-11-19)13-17-5-2-1-3-6-17/h1-3,5-6,8-11,14-15,21H,4,7,12-13,16H2. The maximum Gasteiger partial charge on any atom is 0.260 e. The van der Waals surface area contributed by atoms with Crippen LogP contribution in [0.4, 0.5) is 13.9 Å². The number of thiazole rings is 1. The number of nitrogens with zero attached hydrogens (tertiary/aromatic N) is 2. The van der Waals surface area contributed by atoms with Gasteiger partial charge in [0, 0.05) is 18.2 Å². The van der Waals surface area contributed by atoms with E-state index in [-0.39, 0.29) is 17.5 Å². The molecule has 1 fully saturated rings. The summed E-state index contributed by atoms with van der Waals surface area (Å²) >= 11 is 1.10. The van der Waals surface area contributed by atoms with Crippen LogP contribution in [0.15, 0.2) is 66.7 Å². The lowest BCUT2D eigenvalue weighted by molar-refractivity contribution is 0.0917. The summed E-state index contributed by atoms with van der Waals surface area (Å²) in [5, 5.41) is 0.336. The number of halogens is 2. The van der Waals surface area contributed by atoms with Crippen molar-refractivity contribution in [2.24, 2.45) is 0 Å². The van der Waals surface area contributed by atoms with Gasteiger partial charge in [0.25, 0.3) is 5.91 Å².